The molecule has 4 nitrogen and oxygen atoms in total. The highest BCUT2D eigenvalue weighted by Crippen LogP contribution is 2.23. The quantitative estimate of drug-likeness (QED) is 0.836. The van der Waals surface area contributed by atoms with Gasteiger partial charge in [0.2, 0.25) is 5.91 Å². The van der Waals surface area contributed by atoms with Crippen molar-refractivity contribution in [3.63, 3.8) is 0 Å². The number of carbonyl (C=O) groups excluding carboxylic acids is 1. The van der Waals surface area contributed by atoms with Gasteiger partial charge in [-0.2, -0.15) is 0 Å². The summed E-state index contributed by atoms with van der Waals surface area (Å²) in [5.74, 6) is 0.690. The molecule has 0 bridgehead atoms. The largest absolute Gasteiger partial charge is 0.325 e. The molecule has 0 aliphatic carbocycles. The van der Waals surface area contributed by atoms with E-state index in [1.165, 1.54) is 0 Å². The molecule has 1 amide bonds. The Morgan fingerprint density at radius 3 is 2.58 bits per heavy atom. The Kier molecular flexibility index (Phi) is 5.13. The maximum absolute atomic E-state index is 11.7. The zero-order valence-corrected chi connectivity index (χ0v) is 11.8. The Balaban J connectivity index is 2.82. The van der Waals surface area contributed by atoms with E-state index in [2.05, 4.69) is 5.32 Å². The Labute approximate surface area is 114 Å². The average molecular weight is 279 g/mol. The molecule has 5 heteroatoms. The van der Waals surface area contributed by atoms with Crippen molar-refractivity contribution in [3.8, 4) is 12.3 Å². The molecule has 0 atom stereocenters. The number of sulfone groups is 1. The molecule has 0 spiro atoms. The molecule has 0 unspecified atom stereocenters. The van der Waals surface area contributed by atoms with Crippen molar-refractivity contribution < 1.29 is 13.2 Å². The summed E-state index contributed by atoms with van der Waals surface area (Å²) < 4.78 is 22.9. The summed E-state index contributed by atoms with van der Waals surface area (Å²) in [5, 5.41) is 2.62. The first-order valence-corrected chi connectivity index (χ1v) is 7.70. The number of amides is 1. The van der Waals surface area contributed by atoms with Crippen LogP contribution in [0.5, 0.6) is 0 Å². The fourth-order valence-electron chi connectivity index (χ4n) is 1.68. The van der Waals surface area contributed by atoms with Gasteiger partial charge in [-0.1, -0.05) is 38.0 Å². The molecule has 0 saturated heterocycles. The van der Waals surface area contributed by atoms with Crippen molar-refractivity contribution in [1.82, 2.24) is 0 Å². The van der Waals surface area contributed by atoms with Crippen LogP contribution in [-0.4, -0.2) is 25.8 Å². The van der Waals surface area contributed by atoms with Crippen molar-refractivity contribution in [2.45, 2.75) is 19.8 Å². The maximum atomic E-state index is 11.7. The zero-order valence-electron chi connectivity index (χ0n) is 11.0. The highest BCUT2D eigenvalue weighted by Gasteiger charge is 2.16. The van der Waals surface area contributed by atoms with E-state index in [4.69, 9.17) is 6.42 Å². The third-order valence-corrected chi connectivity index (χ3v) is 3.82. The number of anilines is 1. The van der Waals surface area contributed by atoms with Crippen LogP contribution in [0.15, 0.2) is 24.3 Å². The first kappa shape index (κ1) is 15.3. The fourth-order valence-corrected chi connectivity index (χ4v) is 2.51. The molecule has 0 saturated carbocycles. The van der Waals surface area contributed by atoms with Gasteiger partial charge in [0.15, 0.2) is 9.84 Å². The summed E-state index contributed by atoms with van der Waals surface area (Å²) in [6, 6.07) is 7.31. The minimum absolute atomic E-state index is 0.235. The first-order valence-electron chi connectivity index (χ1n) is 5.88. The van der Waals surface area contributed by atoms with Crippen LogP contribution in [0.4, 0.5) is 5.69 Å². The van der Waals surface area contributed by atoms with Crippen LogP contribution >= 0.6 is 0 Å². The summed E-state index contributed by atoms with van der Waals surface area (Å²) >= 11 is 0. The normalized spacial score (nSPS) is 11.1. The molecule has 19 heavy (non-hydrogen) atoms. The third-order valence-electron chi connectivity index (χ3n) is 2.51. The van der Waals surface area contributed by atoms with Gasteiger partial charge in [0.05, 0.1) is 0 Å². The lowest BCUT2D eigenvalue weighted by molar-refractivity contribution is -0.113. The number of carbonyl (C=O) groups is 1. The summed E-state index contributed by atoms with van der Waals surface area (Å²) in [4.78, 5) is 11.7. The molecule has 0 aliphatic heterocycles. The van der Waals surface area contributed by atoms with E-state index in [0.717, 1.165) is 5.56 Å². The smallest absolute Gasteiger partial charge is 0.239 e. The molecule has 0 aliphatic rings. The lowest BCUT2D eigenvalue weighted by Gasteiger charge is -2.13. The Morgan fingerprint density at radius 2 is 2.00 bits per heavy atom. The summed E-state index contributed by atoms with van der Waals surface area (Å²) in [5.41, 5.74) is 1.60. The van der Waals surface area contributed by atoms with E-state index < -0.39 is 27.3 Å². The lowest BCUT2D eigenvalue weighted by Crippen LogP contribution is -2.24. The zero-order chi connectivity index (χ0) is 14.5. The van der Waals surface area contributed by atoms with Gasteiger partial charge in [-0.05, 0) is 17.5 Å². The second-order valence-electron chi connectivity index (χ2n) is 4.53. The Hall–Kier alpha value is -1.80. The number of terminal acetylenes is 1. The number of hydrogen-bond donors (Lipinski definition) is 1. The predicted molar refractivity (Wildman–Crippen MR) is 76.6 cm³/mol. The molecule has 1 aromatic carbocycles. The topological polar surface area (TPSA) is 63.2 Å². The Morgan fingerprint density at radius 1 is 1.37 bits per heavy atom. The van der Waals surface area contributed by atoms with Gasteiger partial charge in [0.1, 0.15) is 11.5 Å². The molecule has 1 N–H and O–H groups in total. The molecule has 0 fully saturated rings. The van der Waals surface area contributed by atoms with Crippen LogP contribution in [-0.2, 0) is 14.6 Å². The molecule has 1 rings (SSSR count). The van der Waals surface area contributed by atoms with Gasteiger partial charge >= 0.3 is 0 Å². The SMILES string of the molecule is C#CCS(=O)(=O)CC(=O)Nc1ccccc1C(C)C. The molecule has 0 aromatic heterocycles. The van der Waals surface area contributed by atoms with E-state index in [9.17, 15) is 13.2 Å². The van der Waals surface area contributed by atoms with Crippen molar-refractivity contribution >= 4 is 21.4 Å². The van der Waals surface area contributed by atoms with E-state index in [0.29, 0.717) is 5.69 Å². The van der Waals surface area contributed by atoms with Crippen LogP contribution in [0.2, 0.25) is 0 Å². The minimum atomic E-state index is -3.53. The van der Waals surface area contributed by atoms with Gasteiger partial charge < -0.3 is 5.32 Å². The van der Waals surface area contributed by atoms with Gasteiger partial charge in [0, 0.05) is 5.69 Å². The molecule has 102 valence electrons. The van der Waals surface area contributed by atoms with E-state index in [-0.39, 0.29) is 5.92 Å². The number of nitrogens with one attached hydrogen (secondary N) is 1. The molecule has 0 heterocycles. The Bertz CT molecular complexity index is 597. The predicted octanol–water partition coefficient (Wildman–Crippen LogP) is 1.80. The van der Waals surface area contributed by atoms with E-state index >= 15 is 0 Å². The summed E-state index contributed by atoms with van der Waals surface area (Å²) in [6.07, 6.45) is 4.95. The average Bonchev–Trinajstić information content (AvgIpc) is 2.28. The van der Waals surface area contributed by atoms with Gasteiger partial charge in [-0.15, -0.1) is 6.42 Å². The second kappa shape index (κ2) is 6.39. The number of para-hydroxylation sites is 1. The maximum Gasteiger partial charge on any atom is 0.239 e. The van der Waals surface area contributed by atoms with Crippen LogP contribution in [0.25, 0.3) is 0 Å². The highest BCUT2D eigenvalue weighted by atomic mass is 32.2. The van der Waals surface area contributed by atoms with Crippen molar-refractivity contribution in [1.29, 1.82) is 0 Å². The van der Waals surface area contributed by atoms with Crippen molar-refractivity contribution in [3.05, 3.63) is 29.8 Å². The third kappa shape index (κ3) is 4.76. The molecular formula is C14H17NO3S. The van der Waals surface area contributed by atoms with Crippen LogP contribution < -0.4 is 5.32 Å². The first-order chi connectivity index (χ1) is 8.85. The van der Waals surface area contributed by atoms with Crippen LogP contribution in [0.3, 0.4) is 0 Å². The van der Waals surface area contributed by atoms with Crippen LogP contribution in [0, 0.1) is 12.3 Å². The minimum Gasteiger partial charge on any atom is -0.325 e. The number of rotatable bonds is 5. The fraction of sp³-hybridized carbons (Fsp3) is 0.357. The molecule has 1 aromatic rings. The van der Waals surface area contributed by atoms with E-state index in [1.54, 1.807) is 12.1 Å². The molecule has 0 radical (unpaired) electrons. The number of benzene rings is 1. The number of hydrogen-bond acceptors (Lipinski definition) is 3. The van der Waals surface area contributed by atoms with Gasteiger partial charge in [-0.3, -0.25) is 4.79 Å². The summed E-state index contributed by atoms with van der Waals surface area (Å²) in [7, 11) is -3.53. The highest BCUT2D eigenvalue weighted by molar-refractivity contribution is 7.92. The lowest BCUT2D eigenvalue weighted by atomic mass is 10.0. The summed E-state index contributed by atoms with van der Waals surface area (Å²) in [6.45, 7) is 4.00. The van der Waals surface area contributed by atoms with Crippen molar-refractivity contribution in [2.75, 3.05) is 16.8 Å². The standard InChI is InChI=1S/C14H17NO3S/c1-4-9-19(17,18)10-14(16)15-13-8-6-5-7-12(13)11(2)3/h1,5-8,11H,9-10H2,2-3H3,(H,15,16). The monoisotopic (exact) mass is 279 g/mol. The second-order valence-corrected chi connectivity index (χ2v) is 6.59. The van der Waals surface area contributed by atoms with Gasteiger partial charge in [0.25, 0.3) is 0 Å². The van der Waals surface area contributed by atoms with Gasteiger partial charge in [-0.25, -0.2) is 8.42 Å². The van der Waals surface area contributed by atoms with E-state index in [1.807, 2.05) is 31.9 Å². The molecular weight excluding hydrogens is 262 g/mol. The van der Waals surface area contributed by atoms with Crippen LogP contribution in [0.1, 0.15) is 25.3 Å². The van der Waals surface area contributed by atoms with Crippen molar-refractivity contribution in [2.24, 2.45) is 0 Å².